The maximum Gasteiger partial charge on any atom is 0.260 e. The van der Waals surface area contributed by atoms with Gasteiger partial charge in [0.25, 0.3) is 5.91 Å². The van der Waals surface area contributed by atoms with E-state index in [-0.39, 0.29) is 19.3 Å². The van der Waals surface area contributed by atoms with Crippen molar-refractivity contribution >= 4 is 11.6 Å². The third-order valence-corrected chi connectivity index (χ3v) is 7.01. The first-order valence-corrected chi connectivity index (χ1v) is 12.4. The summed E-state index contributed by atoms with van der Waals surface area (Å²) in [7, 11) is 0. The molecule has 0 aliphatic carbocycles. The second-order valence-electron chi connectivity index (χ2n) is 9.32. The van der Waals surface area contributed by atoms with E-state index in [2.05, 4.69) is 23.0 Å². The Hall–Kier alpha value is -4.49. The Kier molecular flexibility index (Phi) is 7.23. The van der Waals surface area contributed by atoms with Crippen LogP contribution in [0.15, 0.2) is 60.7 Å². The number of rotatable bonds is 7. The number of carbonyl (C=O) groups excluding carboxylic acids is 1. The molecule has 5 rings (SSSR count). The molecule has 37 heavy (non-hydrogen) atoms. The van der Waals surface area contributed by atoms with Gasteiger partial charge in [0.05, 0.1) is 18.2 Å². The summed E-state index contributed by atoms with van der Waals surface area (Å²) >= 11 is 0. The van der Waals surface area contributed by atoms with Crippen LogP contribution < -0.4 is 14.2 Å². The van der Waals surface area contributed by atoms with Crippen molar-refractivity contribution in [3.05, 3.63) is 83.2 Å². The second-order valence-corrected chi connectivity index (χ2v) is 9.32. The molecule has 7 heteroatoms. The Morgan fingerprint density at radius 3 is 2.59 bits per heavy atom. The third kappa shape index (κ3) is 5.68. The molecule has 2 aliphatic rings. The zero-order valence-electron chi connectivity index (χ0n) is 20.5. The van der Waals surface area contributed by atoms with Gasteiger partial charge in [-0.1, -0.05) is 24.3 Å². The first-order chi connectivity index (χ1) is 18.1. The number of nitrogens with zero attached hydrogens (tertiary/aromatic N) is 3. The Balaban J connectivity index is 1.14. The predicted molar refractivity (Wildman–Crippen MR) is 139 cm³/mol. The van der Waals surface area contributed by atoms with Crippen molar-refractivity contribution in [2.45, 2.75) is 25.7 Å². The number of carbonyl (C=O) groups is 1. The molecule has 0 N–H and O–H groups in total. The fraction of sp³-hybridized carbons (Fsp3) is 0.300. The topological polar surface area (TPSA) is 76.2 Å². The lowest BCUT2D eigenvalue weighted by Crippen LogP contribution is -2.41. The van der Waals surface area contributed by atoms with Crippen molar-refractivity contribution in [2.75, 3.05) is 26.5 Å². The highest BCUT2D eigenvalue weighted by atomic mass is 16.7. The van der Waals surface area contributed by atoms with Crippen LogP contribution in [0.2, 0.25) is 0 Å². The number of piperidine rings is 1. The molecular weight excluding hydrogens is 466 g/mol. The quantitative estimate of drug-likeness (QED) is 0.392. The lowest BCUT2D eigenvalue weighted by atomic mass is 9.90. The number of ether oxygens (including phenoxy) is 3. The molecule has 0 aromatic heterocycles. The van der Waals surface area contributed by atoms with Gasteiger partial charge in [-0.2, -0.15) is 5.26 Å². The highest BCUT2D eigenvalue weighted by Crippen LogP contribution is 2.35. The molecule has 0 unspecified atom stereocenters. The monoisotopic (exact) mass is 493 g/mol. The van der Waals surface area contributed by atoms with E-state index in [4.69, 9.17) is 26.0 Å². The molecule has 186 valence electrons. The highest BCUT2D eigenvalue weighted by molar-refractivity contribution is 5.79. The lowest BCUT2D eigenvalue weighted by molar-refractivity contribution is -0.134. The number of aryl methyl sites for hydroxylation is 1. The van der Waals surface area contributed by atoms with Crippen LogP contribution in [0.4, 0.5) is 5.69 Å². The molecule has 0 saturated carbocycles. The summed E-state index contributed by atoms with van der Waals surface area (Å²) in [5, 5.41) is 9.07. The Bertz CT molecular complexity index is 1360. The van der Waals surface area contributed by atoms with Crippen molar-refractivity contribution in [1.82, 2.24) is 4.90 Å². The number of hydrogen-bond donors (Lipinski definition) is 0. The van der Waals surface area contributed by atoms with Crippen LogP contribution in [-0.2, 0) is 11.2 Å². The highest BCUT2D eigenvalue weighted by Gasteiger charge is 2.24. The minimum Gasteiger partial charge on any atom is -0.483 e. The standard InChI is InChI=1S/C30H27N3O4/c1-32-25-9-11-27(26(17-25)24-7-4-23(18-31)5-8-24)35-19-30(34)33-14-12-21(13-15-33)2-3-22-6-10-28-29(16-22)37-20-36-28/h4-11,16-17,21H,2-3,12-15,19-20H2. The summed E-state index contributed by atoms with van der Waals surface area (Å²) < 4.78 is 16.8. The molecule has 1 saturated heterocycles. The average molecular weight is 494 g/mol. The summed E-state index contributed by atoms with van der Waals surface area (Å²) in [4.78, 5) is 18.3. The first-order valence-electron chi connectivity index (χ1n) is 12.4. The van der Waals surface area contributed by atoms with Gasteiger partial charge in [0.1, 0.15) is 5.75 Å². The number of amides is 1. The van der Waals surface area contributed by atoms with Crippen molar-refractivity contribution in [3.63, 3.8) is 0 Å². The van der Waals surface area contributed by atoms with Crippen LogP contribution in [-0.4, -0.2) is 37.3 Å². The van der Waals surface area contributed by atoms with E-state index in [1.807, 2.05) is 23.1 Å². The van der Waals surface area contributed by atoms with Crippen LogP contribution >= 0.6 is 0 Å². The molecule has 0 bridgehead atoms. The first kappa shape index (κ1) is 24.2. The SMILES string of the molecule is [C-]#[N+]c1ccc(OCC(=O)N2CCC(CCc3ccc4c(c3)OCO4)CC2)c(-c2ccc(C#N)cc2)c1. The van der Waals surface area contributed by atoms with Gasteiger partial charge in [-0.05, 0) is 79.1 Å². The molecule has 3 aromatic rings. The predicted octanol–water partition coefficient (Wildman–Crippen LogP) is 5.75. The van der Waals surface area contributed by atoms with Gasteiger partial charge in [-0.25, -0.2) is 4.85 Å². The zero-order valence-corrected chi connectivity index (χ0v) is 20.5. The zero-order chi connectivity index (χ0) is 25.6. The summed E-state index contributed by atoms with van der Waals surface area (Å²) in [6.07, 6.45) is 4.02. The van der Waals surface area contributed by atoms with Gasteiger partial charge < -0.3 is 19.1 Å². The van der Waals surface area contributed by atoms with Crippen molar-refractivity contribution in [3.8, 4) is 34.4 Å². The summed E-state index contributed by atoms with van der Waals surface area (Å²) in [6, 6.07) is 20.5. The van der Waals surface area contributed by atoms with E-state index >= 15 is 0 Å². The van der Waals surface area contributed by atoms with Gasteiger partial charge in [0, 0.05) is 18.7 Å². The van der Waals surface area contributed by atoms with Gasteiger partial charge in [-0.15, -0.1) is 0 Å². The molecule has 2 heterocycles. The van der Waals surface area contributed by atoms with Crippen molar-refractivity contribution in [1.29, 1.82) is 5.26 Å². The van der Waals surface area contributed by atoms with Crippen LogP contribution in [0, 0.1) is 23.8 Å². The molecule has 7 nitrogen and oxygen atoms in total. The minimum absolute atomic E-state index is 0.0331. The fourth-order valence-electron chi connectivity index (χ4n) is 4.83. The van der Waals surface area contributed by atoms with Gasteiger partial charge in [0.15, 0.2) is 23.8 Å². The lowest BCUT2D eigenvalue weighted by Gasteiger charge is -2.32. The molecule has 2 aliphatic heterocycles. The van der Waals surface area contributed by atoms with Crippen LogP contribution in [0.25, 0.3) is 16.0 Å². The summed E-state index contributed by atoms with van der Waals surface area (Å²) in [6.45, 7) is 9.03. The molecule has 1 fully saturated rings. The molecule has 0 atom stereocenters. The average Bonchev–Trinajstić information content (AvgIpc) is 3.43. The Morgan fingerprint density at radius 1 is 1.05 bits per heavy atom. The smallest absolute Gasteiger partial charge is 0.260 e. The van der Waals surface area contributed by atoms with E-state index in [1.165, 1.54) is 5.56 Å². The number of likely N-dealkylation sites (tertiary alicyclic amines) is 1. The maximum absolute atomic E-state index is 12.9. The van der Waals surface area contributed by atoms with Crippen molar-refractivity contribution < 1.29 is 19.0 Å². The molecule has 3 aromatic carbocycles. The van der Waals surface area contributed by atoms with E-state index in [9.17, 15) is 4.79 Å². The maximum atomic E-state index is 12.9. The number of hydrogen-bond acceptors (Lipinski definition) is 5. The molecular formula is C30H27N3O4. The van der Waals surface area contributed by atoms with E-state index in [0.29, 0.717) is 22.9 Å². The Labute approximate surface area is 216 Å². The van der Waals surface area contributed by atoms with Crippen molar-refractivity contribution in [2.24, 2.45) is 5.92 Å². The molecule has 0 spiro atoms. The van der Waals surface area contributed by atoms with Crippen LogP contribution in [0.3, 0.4) is 0 Å². The number of benzene rings is 3. The van der Waals surface area contributed by atoms with Crippen LogP contribution in [0.5, 0.6) is 17.2 Å². The number of nitriles is 1. The second kappa shape index (κ2) is 11.1. The summed E-state index contributed by atoms with van der Waals surface area (Å²) in [5.41, 5.74) is 3.85. The van der Waals surface area contributed by atoms with E-state index < -0.39 is 0 Å². The Morgan fingerprint density at radius 2 is 1.84 bits per heavy atom. The molecule has 0 radical (unpaired) electrons. The van der Waals surface area contributed by atoms with Gasteiger partial charge in [-0.3, -0.25) is 4.79 Å². The van der Waals surface area contributed by atoms with Crippen LogP contribution in [0.1, 0.15) is 30.4 Å². The summed E-state index contributed by atoms with van der Waals surface area (Å²) in [5.74, 6) is 2.73. The minimum atomic E-state index is -0.0531. The normalized spacial score (nSPS) is 14.6. The van der Waals surface area contributed by atoms with Gasteiger partial charge in [0.2, 0.25) is 6.79 Å². The van der Waals surface area contributed by atoms with Gasteiger partial charge >= 0.3 is 0 Å². The van der Waals surface area contributed by atoms with E-state index in [0.717, 1.165) is 61.4 Å². The third-order valence-electron chi connectivity index (χ3n) is 7.01. The number of fused-ring (bicyclic) bond motifs is 1. The fourth-order valence-corrected chi connectivity index (χ4v) is 4.83. The van der Waals surface area contributed by atoms with E-state index in [1.54, 1.807) is 30.3 Å². The largest absolute Gasteiger partial charge is 0.483 e. The molecule has 1 amide bonds.